The molecule has 1 atom stereocenters. The minimum absolute atomic E-state index is 0.373. The Hall–Kier alpha value is 0.280. The lowest BCUT2D eigenvalue weighted by molar-refractivity contribution is -1.63. The van der Waals surface area contributed by atoms with Crippen LogP contribution in [0, 0.1) is 14.8 Å². The van der Waals surface area contributed by atoms with Crippen molar-refractivity contribution in [1.29, 1.82) is 0 Å². The highest BCUT2D eigenvalue weighted by Crippen LogP contribution is 1.92. The van der Waals surface area contributed by atoms with Gasteiger partial charge in [0.2, 0.25) is 6.23 Å². The van der Waals surface area contributed by atoms with E-state index < -0.39 is 14.8 Å². The highest BCUT2D eigenvalue weighted by atomic mass is 80.0. The first kappa shape index (κ1) is 9.37. The van der Waals surface area contributed by atoms with E-state index in [-0.39, 0.29) is 6.23 Å². The van der Waals surface area contributed by atoms with Gasteiger partial charge in [-0.15, -0.1) is 0 Å². The molecule has 0 amide bonds. The average molecular weight is 227 g/mol. The van der Waals surface area contributed by atoms with Gasteiger partial charge in [-0.25, -0.2) is 0 Å². The van der Waals surface area contributed by atoms with Crippen molar-refractivity contribution in [2.24, 2.45) is 0 Å². The summed E-state index contributed by atoms with van der Waals surface area (Å²) in [7, 11) is 0. The molecule has 6 heteroatoms. The molecule has 0 bridgehead atoms. The Bertz CT molecular complexity index is 106. The first-order valence-electron chi connectivity index (χ1n) is 3.46. The summed E-state index contributed by atoms with van der Waals surface area (Å²) in [6.07, 6.45) is 0.627. The molecule has 66 valence electrons. The second kappa shape index (κ2) is 5.02. The predicted molar refractivity (Wildman–Crippen MR) is 30.4 cm³/mol. The average Bonchev–Trinajstić information content (AvgIpc) is 2.14. The lowest BCUT2D eigenvalue weighted by atomic mass is 10.4. The summed E-state index contributed by atoms with van der Waals surface area (Å²) in [4.78, 5) is 0. The minimum atomic E-state index is -3.07. The van der Waals surface area contributed by atoms with E-state index in [2.05, 4.69) is 14.5 Å². The molecule has 1 aliphatic rings. The van der Waals surface area contributed by atoms with Crippen molar-refractivity contribution < 1.29 is 27.0 Å². The van der Waals surface area contributed by atoms with Crippen LogP contribution in [0.4, 0.5) is 0 Å². The molecule has 1 saturated heterocycles. The molecular weight excluding hydrogens is 216 g/mol. The van der Waals surface area contributed by atoms with E-state index >= 15 is 0 Å². The van der Waals surface area contributed by atoms with Gasteiger partial charge in [0, 0.05) is 10.4 Å². The summed E-state index contributed by atoms with van der Waals surface area (Å²) in [6.45, 7) is 2.26. The van der Waals surface area contributed by atoms with Gasteiger partial charge >= 0.3 is 14.8 Å². The minimum Gasteiger partial charge on any atom is -0.372 e. The fourth-order valence-corrected chi connectivity index (χ4v) is 1.57. The van der Waals surface area contributed by atoms with Crippen LogP contribution >= 0.6 is 0 Å². The van der Waals surface area contributed by atoms with Crippen molar-refractivity contribution in [3.63, 3.8) is 0 Å². The van der Waals surface area contributed by atoms with Gasteiger partial charge in [-0.05, 0) is 19.5 Å². The Labute approximate surface area is 70.6 Å². The number of nitrogens with one attached hydrogen (secondary N) is 2. The molecule has 1 aliphatic heterocycles. The molecule has 0 aliphatic carbocycles. The summed E-state index contributed by atoms with van der Waals surface area (Å²) >= 11 is -3.07. The SMILES string of the molecule is [O-][Br+2]([O-])OC1CNCCCN1. The summed E-state index contributed by atoms with van der Waals surface area (Å²) < 4.78 is 24.9. The van der Waals surface area contributed by atoms with Gasteiger partial charge in [0.1, 0.15) is 0 Å². The Kier molecular flexibility index (Phi) is 4.28. The van der Waals surface area contributed by atoms with Crippen LogP contribution in [-0.4, -0.2) is 25.9 Å². The van der Waals surface area contributed by atoms with Crippen molar-refractivity contribution in [2.45, 2.75) is 12.6 Å². The second-order valence-electron chi connectivity index (χ2n) is 2.28. The second-order valence-corrected chi connectivity index (χ2v) is 3.45. The maximum Gasteiger partial charge on any atom is 0.438 e. The van der Waals surface area contributed by atoms with Crippen molar-refractivity contribution in [3.05, 3.63) is 0 Å². The van der Waals surface area contributed by atoms with E-state index in [1.54, 1.807) is 0 Å². The van der Waals surface area contributed by atoms with Gasteiger partial charge in [-0.3, -0.25) is 5.32 Å². The summed E-state index contributed by atoms with van der Waals surface area (Å²) in [6, 6.07) is 0. The van der Waals surface area contributed by atoms with Gasteiger partial charge in [0.15, 0.2) is 0 Å². The van der Waals surface area contributed by atoms with Gasteiger partial charge in [-0.2, -0.15) is 0 Å². The topological polar surface area (TPSA) is 79.4 Å². The predicted octanol–water partition coefficient (Wildman–Crippen LogP) is -3.00. The van der Waals surface area contributed by atoms with Crippen molar-refractivity contribution >= 4 is 0 Å². The van der Waals surface area contributed by atoms with E-state index in [9.17, 15) is 8.40 Å². The highest BCUT2D eigenvalue weighted by molar-refractivity contribution is 4.63. The zero-order valence-electron chi connectivity index (χ0n) is 6.01. The maximum atomic E-state index is 10.2. The van der Waals surface area contributed by atoms with Crippen LogP contribution < -0.4 is 19.0 Å². The summed E-state index contributed by atoms with van der Waals surface area (Å²) in [5, 5.41) is 6.01. The third-order valence-electron chi connectivity index (χ3n) is 1.41. The number of halogens is 1. The van der Waals surface area contributed by atoms with Gasteiger partial charge in [0.25, 0.3) is 0 Å². The quantitative estimate of drug-likeness (QED) is 0.525. The smallest absolute Gasteiger partial charge is 0.372 e. The van der Waals surface area contributed by atoms with Gasteiger partial charge < -0.3 is 13.7 Å². The summed E-state index contributed by atoms with van der Waals surface area (Å²) in [5.41, 5.74) is 0. The Balaban J connectivity index is 2.20. The zero-order valence-corrected chi connectivity index (χ0v) is 7.59. The number of hydrogen-bond donors (Lipinski definition) is 2. The molecule has 0 aromatic heterocycles. The van der Waals surface area contributed by atoms with Crippen LogP contribution in [0.5, 0.6) is 0 Å². The molecule has 1 rings (SSSR count). The maximum absolute atomic E-state index is 10.2. The van der Waals surface area contributed by atoms with Crippen LogP contribution in [-0.2, 0) is 3.83 Å². The van der Waals surface area contributed by atoms with E-state index in [4.69, 9.17) is 0 Å². The van der Waals surface area contributed by atoms with Crippen molar-refractivity contribution in [2.75, 3.05) is 19.6 Å². The molecule has 0 saturated carbocycles. The van der Waals surface area contributed by atoms with E-state index in [0.717, 1.165) is 19.5 Å². The van der Waals surface area contributed by atoms with Crippen molar-refractivity contribution in [3.8, 4) is 0 Å². The third kappa shape index (κ3) is 4.00. The van der Waals surface area contributed by atoms with E-state index in [1.807, 2.05) is 0 Å². The monoisotopic (exact) mass is 226 g/mol. The largest absolute Gasteiger partial charge is 0.438 e. The van der Waals surface area contributed by atoms with Crippen molar-refractivity contribution in [1.82, 2.24) is 10.6 Å². The number of rotatable bonds is 2. The van der Waals surface area contributed by atoms with Crippen LogP contribution in [0.25, 0.3) is 0 Å². The molecule has 0 spiro atoms. The first-order valence-corrected chi connectivity index (χ1v) is 5.40. The first-order chi connectivity index (χ1) is 5.29. The molecule has 11 heavy (non-hydrogen) atoms. The molecule has 0 radical (unpaired) electrons. The van der Waals surface area contributed by atoms with Crippen LogP contribution in [0.15, 0.2) is 0 Å². The third-order valence-corrected chi connectivity index (χ3v) is 2.17. The molecule has 1 unspecified atom stereocenters. The van der Waals surface area contributed by atoms with E-state index in [1.165, 1.54) is 0 Å². The van der Waals surface area contributed by atoms with Crippen LogP contribution in [0.1, 0.15) is 6.42 Å². The molecule has 2 N–H and O–H groups in total. The van der Waals surface area contributed by atoms with Gasteiger partial charge in [-0.1, -0.05) is 0 Å². The lowest BCUT2D eigenvalue weighted by Gasteiger charge is -2.07. The summed E-state index contributed by atoms with van der Waals surface area (Å²) in [5.74, 6) is 0. The number of hydrogen-bond acceptors (Lipinski definition) is 5. The molecule has 1 heterocycles. The van der Waals surface area contributed by atoms with Crippen LogP contribution in [0.2, 0.25) is 0 Å². The lowest BCUT2D eigenvalue weighted by Crippen LogP contribution is -2.45. The fraction of sp³-hybridized carbons (Fsp3) is 1.00. The highest BCUT2D eigenvalue weighted by Gasteiger charge is 2.23. The fourth-order valence-electron chi connectivity index (χ4n) is 0.933. The normalized spacial score (nSPS) is 27.0. The molecule has 5 nitrogen and oxygen atoms in total. The van der Waals surface area contributed by atoms with E-state index in [0.29, 0.717) is 6.54 Å². The standard InChI is InChI=1S/C5H11BrN2O3/c9-6(10)11-5-4-7-2-1-3-8-5/h5,7-8H,1-4H2. The molecule has 0 aromatic rings. The zero-order chi connectivity index (χ0) is 8.10. The molecule has 1 fully saturated rings. The molecular formula is C5H11BrN2O3. The van der Waals surface area contributed by atoms with Crippen LogP contribution in [0.3, 0.4) is 0 Å². The Morgan fingerprint density at radius 1 is 1.36 bits per heavy atom. The molecule has 0 aromatic carbocycles. The van der Waals surface area contributed by atoms with Gasteiger partial charge in [0.05, 0.1) is 0 Å². The Morgan fingerprint density at radius 3 is 2.91 bits per heavy atom. The Morgan fingerprint density at radius 2 is 2.18 bits per heavy atom.